The number of carbonyl (C=O) groups is 1. The van der Waals surface area contributed by atoms with Crippen LogP contribution in [0.5, 0.6) is 0 Å². The third-order valence-electron chi connectivity index (χ3n) is 2.39. The molecule has 0 saturated heterocycles. The Balaban J connectivity index is 2.81. The monoisotopic (exact) mass is 314 g/mol. The number of ether oxygens (including phenoxy) is 1. The molecule has 1 atom stereocenters. The van der Waals surface area contributed by atoms with E-state index in [2.05, 4.69) is 26.6 Å². The van der Waals surface area contributed by atoms with Crippen LogP contribution in [0.3, 0.4) is 0 Å². The van der Waals surface area contributed by atoms with Crippen molar-refractivity contribution in [2.24, 2.45) is 0 Å². The number of carbonyl (C=O) groups excluding carboxylic acids is 1. The van der Waals surface area contributed by atoms with Crippen molar-refractivity contribution in [3.05, 3.63) is 22.7 Å². The van der Waals surface area contributed by atoms with Gasteiger partial charge in [0.1, 0.15) is 6.10 Å². The summed E-state index contributed by atoms with van der Waals surface area (Å²) in [6, 6.07) is 5.72. The van der Waals surface area contributed by atoms with E-state index in [1.165, 1.54) is 0 Å². The molecular weight excluding hydrogens is 296 g/mol. The average molecular weight is 315 g/mol. The lowest BCUT2D eigenvalue weighted by molar-refractivity contribution is -0.126. The minimum absolute atomic E-state index is 0.144. The van der Waals surface area contributed by atoms with E-state index in [0.29, 0.717) is 6.61 Å². The van der Waals surface area contributed by atoms with Gasteiger partial charge in [-0.3, -0.25) is 4.79 Å². The standard InChI is InChI=1S/C13H19BrN2O2/c1-4-15-11-7-6-10(14)8-12(11)16-13(17)9(3)18-5-2/h6-9,15H,4-5H2,1-3H3,(H,16,17)/t9-/m1/s1. The molecular formula is C13H19BrN2O2. The van der Waals surface area contributed by atoms with Crippen molar-refractivity contribution in [1.29, 1.82) is 0 Å². The minimum Gasteiger partial charge on any atom is -0.384 e. The summed E-state index contributed by atoms with van der Waals surface area (Å²) >= 11 is 3.39. The Kier molecular flexibility index (Phi) is 6.15. The van der Waals surface area contributed by atoms with Crippen molar-refractivity contribution >= 4 is 33.2 Å². The van der Waals surface area contributed by atoms with E-state index in [4.69, 9.17) is 4.74 Å². The number of anilines is 2. The van der Waals surface area contributed by atoms with Gasteiger partial charge in [-0.1, -0.05) is 15.9 Å². The van der Waals surface area contributed by atoms with Crippen molar-refractivity contribution in [3.8, 4) is 0 Å². The van der Waals surface area contributed by atoms with Crippen LogP contribution in [0, 0.1) is 0 Å². The van der Waals surface area contributed by atoms with E-state index in [1.807, 2.05) is 32.0 Å². The molecule has 18 heavy (non-hydrogen) atoms. The largest absolute Gasteiger partial charge is 0.384 e. The molecule has 0 heterocycles. The first-order chi connectivity index (χ1) is 8.58. The number of nitrogens with one attached hydrogen (secondary N) is 2. The molecule has 0 aliphatic heterocycles. The number of amides is 1. The van der Waals surface area contributed by atoms with E-state index in [-0.39, 0.29) is 5.91 Å². The van der Waals surface area contributed by atoms with Crippen LogP contribution in [-0.2, 0) is 9.53 Å². The van der Waals surface area contributed by atoms with Crippen LogP contribution in [0.15, 0.2) is 22.7 Å². The molecule has 0 aromatic heterocycles. The predicted molar refractivity (Wildman–Crippen MR) is 78.0 cm³/mol. The Morgan fingerprint density at radius 1 is 1.39 bits per heavy atom. The van der Waals surface area contributed by atoms with E-state index in [0.717, 1.165) is 22.4 Å². The summed E-state index contributed by atoms with van der Waals surface area (Å²) in [6.45, 7) is 6.94. The van der Waals surface area contributed by atoms with Gasteiger partial charge in [0.05, 0.1) is 11.4 Å². The quantitative estimate of drug-likeness (QED) is 0.847. The second-order valence-corrected chi connectivity index (χ2v) is 4.72. The molecule has 4 nitrogen and oxygen atoms in total. The second-order valence-electron chi connectivity index (χ2n) is 3.81. The molecule has 0 bridgehead atoms. The minimum atomic E-state index is -0.455. The fourth-order valence-electron chi connectivity index (χ4n) is 1.52. The first-order valence-corrected chi connectivity index (χ1v) is 6.83. The van der Waals surface area contributed by atoms with Gasteiger partial charge in [0.25, 0.3) is 5.91 Å². The van der Waals surface area contributed by atoms with Crippen LogP contribution in [0.25, 0.3) is 0 Å². The van der Waals surface area contributed by atoms with Gasteiger partial charge in [-0.25, -0.2) is 0 Å². The molecule has 0 aliphatic carbocycles. The first-order valence-electron chi connectivity index (χ1n) is 6.04. The maximum atomic E-state index is 11.9. The number of halogens is 1. The van der Waals surface area contributed by atoms with Crippen LogP contribution in [0.1, 0.15) is 20.8 Å². The van der Waals surface area contributed by atoms with Crippen molar-refractivity contribution in [2.45, 2.75) is 26.9 Å². The molecule has 0 radical (unpaired) electrons. The maximum Gasteiger partial charge on any atom is 0.253 e. The van der Waals surface area contributed by atoms with E-state index < -0.39 is 6.10 Å². The zero-order chi connectivity index (χ0) is 13.5. The number of hydrogen-bond donors (Lipinski definition) is 2. The molecule has 100 valence electrons. The molecule has 0 aliphatic rings. The fraction of sp³-hybridized carbons (Fsp3) is 0.462. The van der Waals surface area contributed by atoms with Gasteiger partial charge in [-0.05, 0) is 39.0 Å². The van der Waals surface area contributed by atoms with Gasteiger partial charge in [0.15, 0.2) is 0 Å². The van der Waals surface area contributed by atoms with Gasteiger partial charge < -0.3 is 15.4 Å². The number of hydrogen-bond acceptors (Lipinski definition) is 3. The molecule has 1 aromatic carbocycles. The second kappa shape index (κ2) is 7.38. The summed E-state index contributed by atoms with van der Waals surface area (Å²) in [5.74, 6) is -0.144. The number of rotatable bonds is 6. The van der Waals surface area contributed by atoms with E-state index in [1.54, 1.807) is 6.92 Å². The van der Waals surface area contributed by atoms with Crippen LogP contribution >= 0.6 is 15.9 Å². The zero-order valence-electron chi connectivity index (χ0n) is 10.9. The Hall–Kier alpha value is -1.07. The molecule has 1 aromatic rings. The zero-order valence-corrected chi connectivity index (χ0v) is 12.5. The topological polar surface area (TPSA) is 50.4 Å². The first kappa shape index (κ1) is 15.0. The van der Waals surface area contributed by atoms with Crippen LogP contribution in [-0.4, -0.2) is 25.2 Å². The summed E-state index contributed by atoms with van der Waals surface area (Å²) in [5.41, 5.74) is 1.65. The van der Waals surface area contributed by atoms with Gasteiger partial charge in [-0.15, -0.1) is 0 Å². The highest BCUT2D eigenvalue weighted by Gasteiger charge is 2.14. The Morgan fingerprint density at radius 2 is 2.11 bits per heavy atom. The summed E-state index contributed by atoms with van der Waals surface area (Å²) in [7, 11) is 0. The molecule has 2 N–H and O–H groups in total. The molecule has 0 spiro atoms. The third kappa shape index (κ3) is 4.31. The van der Waals surface area contributed by atoms with Crippen LogP contribution in [0.4, 0.5) is 11.4 Å². The van der Waals surface area contributed by atoms with Crippen molar-refractivity contribution in [3.63, 3.8) is 0 Å². The third-order valence-corrected chi connectivity index (χ3v) is 2.89. The SMILES string of the molecule is CCNc1ccc(Br)cc1NC(=O)[C@@H](C)OCC. The van der Waals surface area contributed by atoms with Crippen LogP contribution in [0.2, 0.25) is 0 Å². The predicted octanol–water partition coefficient (Wildman–Crippen LogP) is 3.24. The van der Waals surface area contributed by atoms with E-state index in [9.17, 15) is 4.79 Å². The molecule has 0 unspecified atom stereocenters. The van der Waals surface area contributed by atoms with E-state index >= 15 is 0 Å². The highest BCUT2D eigenvalue weighted by Crippen LogP contribution is 2.26. The van der Waals surface area contributed by atoms with Crippen molar-refractivity contribution < 1.29 is 9.53 Å². The summed E-state index contributed by atoms with van der Waals surface area (Å²) < 4.78 is 6.18. The lowest BCUT2D eigenvalue weighted by atomic mass is 10.2. The van der Waals surface area contributed by atoms with Crippen molar-refractivity contribution in [2.75, 3.05) is 23.8 Å². The summed E-state index contributed by atoms with van der Waals surface area (Å²) in [6.07, 6.45) is -0.455. The Morgan fingerprint density at radius 3 is 2.72 bits per heavy atom. The molecule has 0 saturated carbocycles. The summed E-state index contributed by atoms with van der Waals surface area (Å²) in [4.78, 5) is 11.9. The van der Waals surface area contributed by atoms with Crippen molar-refractivity contribution in [1.82, 2.24) is 0 Å². The maximum absolute atomic E-state index is 11.9. The Labute approximate surface area is 116 Å². The fourth-order valence-corrected chi connectivity index (χ4v) is 1.89. The molecule has 1 rings (SSSR count). The number of benzene rings is 1. The lowest BCUT2D eigenvalue weighted by Gasteiger charge is -2.15. The summed E-state index contributed by atoms with van der Waals surface area (Å²) in [5, 5.41) is 6.07. The molecule has 5 heteroatoms. The lowest BCUT2D eigenvalue weighted by Crippen LogP contribution is -2.28. The highest BCUT2D eigenvalue weighted by molar-refractivity contribution is 9.10. The van der Waals surface area contributed by atoms with Gasteiger partial charge in [0.2, 0.25) is 0 Å². The van der Waals surface area contributed by atoms with Crippen LogP contribution < -0.4 is 10.6 Å². The molecule has 1 amide bonds. The van der Waals surface area contributed by atoms with Gasteiger partial charge in [-0.2, -0.15) is 0 Å². The highest BCUT2D eigenvalue weighted by atomic mass is 79.9. The van der Waals surface area contributed by atoms with Gasteiger partial charge >= 0.3 is 0 Å². The molecule has 0 fully saturated rings. The Bertz CT molecular complexity index is 410. The smallest absolute Gasteiger partial charge is 0.253 e. The average Bonchev–Trinajstić information content (AvgIpc) is 2.33. The normalized spacial score (nSPS) is 12.0. The van der Waals surface area contributed by atoms with Gasteiger partial charge in [0, 0.05) is 17.6 Å².